The standard InChI is InChI=1S/C19H24N4O3/c1-21-17-6-11-26-13-16(17)18(20-21)19(24)23-9-7-22(8-10-23)14-4-3-5-15(12-14)25-2/h3-5,12H,6-11,13H2,1-2H3. The molecular weight excluding hydrogens is 332 g/mol. The second kappa shape index (κ2) is 6.99. The van der Waals surface area contributed by atoms with Crippen molar-refractivity contribution < 1.29 is 14.3 Å². The molecule has 3 heterocycles. The molecule has 2 aliphatic rings. The molecular formula is C19H24N4O3. The minimum Gasteiger partial charge on any atom is -0.497 e. The lowest BCUT2D eigenvalue weighted by Gasteiger charge is -2.36. The molecule has 2 aromatic rings. The number of rotatable bonds is 3. The van der Waals surface area contributed by atoms with Gasteiger partial charge < -0.3 is 19.3 Å². The fraction of sp³-hybridized carbons (Fsp3) is 0.474. The molecule has 26 heavy (non-hydrogen) atoms. The molecule has 0 unspecified atom stereocenters. The lowest BCUT2D eigenvalue weighted by Crippen LogP contribution is -2.49. The smallest absolute Gasteiger partial charge is 0.274 e. The minimum atomic E-state index is 0.0117. The average Bonchev–Trinajstić information content (AvgIpc) is 3.04. The third-order valence-electron chi connectivity index (χ3n) is 5.19. The highest BCUT2D eigenvalue weighted by molar-refractivity contribution is 5.94. The van der Waals surface area contributed by atoms with E-state index >= 15 is 0 Å². The van der Waals surface area contributed by atoms with Crippen LogP contribution in [0.4, 0.5) is 5.69 Å². The highest BCUT2D eigenvalue weighted by Crippen LogP contribution is 2.24. The number of aryl methyl sites for hydroxylation is 1. The molecule has 0 atom stereocenters. The van der Waals surface area contributed by atoms with E-state index in [1.807, 2.05) is 34.8 Å². The predicted molar refractivity (Wildman–Crippen MR) is 97.7 cm³/mol. The van der Waals surface area contributed by atoms with Crippen molar-refractivity contribution in [3.05, 3.63) is 41.2 Å². The Hall–Kier alpha value is -2.54. The van der Waals surface area contributed by atoms with Gasteiger partial charge in [-0.05, 0) is 12.1 Å². The molecule has 7 heteroatoms. The Morgan fingerprint density at radius 3 is 2.81 bits per heavy atom. The predicted octanol–water partition coefficient (Wildman–Crippen LogP) is 1.46. The molecule has 1 saturated heterocycles. The molecule has 1 aromatic carbocycles. The van der Waals surface area contributed by atoms with Crippen LogP contribution in [-0.4, -0.2) is 60.5 Å². The maximum absolute atomic E-state index is 13.0. The van der Waals surface area contributed by atoms with Crippen molar-refractivity contribution in [3.8, 4) is 5.75 Å². The van der Waals surface area contributed by atoms with Crippen molar-refractivity contribution in [2.45, 2.75) is 13.0 Å². The number of carbonyl (C=O) groups excluding carboxylic acids is 1. The molecule has 7 nitrogen and oxygen atoms in total. The van der Waals surface area contributed by atoms with Crippen molar-refractivity contribution >= 4 is 11.6 Å². The second-order valence-corrected chi connectivity index (χ2v) is 6.68. The molecule has 0 radical (unpaired) electrons. The zero-order chi connectivity index (χ0) is 18.1. The van der Waals surface area contributed by atoms with Gasteiger partial charge in [0.1, 0.15) is 5.75 Å². The Labute approximate surface area is 153 Å². The number of anilines is 1. The number of benzene rings is 1. The minimum absolute atomic E-state index is 0.0117. The van der Waals surface area contributed by atoms with Crippen LogP contribution in [0.2, 0.25) is 0 Å². The monoisotopic (exact) mass is 356 g/mol. The number of amides is 1. The van der Waals surface area contributed by atoms with E-state index in [4.69, 9.17) is 9.47 Å². The summed E-state index contributed by atoms with van der Waals surface area (Å²) < 4.78 is 12.7. The van der Waals surface area contributed by atoms with E-state index in [1.54, 1.807) is 7.11 Å². The first-order valence-corrected chi connectivity index (χ1v) is 8.98. The third-order valence-corrected chi connectivity index (χ3v) is 5.19. The van der Waals surface area contributed by atoms with E-state index in [0.717, 1.165) is 42.2 Å². The van der Waals surface area contributed by atoms with Crippen LogP contribution in [0.25, 0.3) is 0 Å². The summed E-state index contributed by atoms with van der Waals surface area (Å²) in [5, 5.41) is 4.48. The Morgan fingerprint density at radius 2 is 2.04 bits per heavy atom. The number of methoxy groups -OCH3 is 1. The number of hydrogen-bond donors (Lipinski definition) is 0. The maximum Gasteiger partial charge on any atom is 0.274 e. The number of nitrogens with zero attached hydrogens (tertiary/aromatic N) is 4. The molecule has 2 aliphatic heterocycles. The van der Waals surface area contributed by atoms with Gasteiger partial charge in [0.05, 0.1) is 20.3 Å². The summed E-state index contributed by atoms with van der Waals surface area (Å²) >= 11 is 0. The highest BCUT2D eigenvalue weighted by Gasteiger charge is 2.29. The van der Waals surface area contributed by atoms with Crippen molar-refractivity contribution in [2.24, 2.45) is 7.05 Å². The summed E-state index contributed by atoms with van der Waals surface area (Å²) in [6, 6.07) is 8.04. The fourth-order valence-electron chi connectivity index (χ4n) is 3.71. The number of hydrogen-bond acceptors (Lipinski definition) is 5. The zero-order valence-corrected chi connectivity index (χ0v) is 15.3. The first kappa shape index (κ1) is 16.9. The second-order valence-electron chi connectivity index (χ2n) is 6.68. The third kappa shape index (κ3) is 3.03. The molecule has 0 saturated carbocycles. The van der Waals surface area contributed by atoms with Crippen LogP contribution in [0.3, 0.4) is 0 Å². The van der Waals surface area contributed by atoms with E-state index in [-0.39, 0.29) is 5.91 Å². The summed E-state index contributed by atoms with van der Waals surface area (Å²) in [4.78, 5) is 17.2. The molecule has 138 valence electrons. The zero-order valence-electron chi connectivity index (χ0n) is 15.3. The van der Waals surface area contributed by atoms with Crippen molar-refractivity contribution in [3.63, 3.8) is 0 Å². The number of ether oxygens (including phenoxy) is 2. The summed E-state index contributed by atoms with van der Waals surface area (Å²) in [6.07, 6.45) is 0.815. The highest BCUT2D eigenvalue weighted by atomic mass is 16.5. The molecule has 0 spiro atoms. The van der Waals surface area contributed by atoms with E-state index in [0.29, 0.717) is 32.0 Å². The number of piperazine rings is 1. The summed E-state index contributed by atoms with van der Waals surface area (Å²) in [5.41, 5.74) is 3.76. The van der Waals surface area contributed by atoms with Crippen LogP contribution in [0.5, 0.6) is 5.75 Å². The van der Waals surface area contributed by atoms with Gasteiger partial charge in [-0.2, -0.15) is 5.10 Å². The van der Waals surface area contributed by atoms with Crippen molar-refractivity contribution in [1.82, 2.24) is 14.7 Å². The van der Waals surface area contributed by atoms with Gasteiger partial charge in [-0.15, -0.1) is 0 Å². The first-order valence-electron chi connectivity index (χ1n) is 8.98. The normalized spacial score (nSPS) is 17.2. The molecule has 0 bridgehead atoms. The van der Waals surface area contributed by atoms with Gasteiger partial charge in [0, 0.05) is 62.7 Å². The average molecular weight is 356 g/mol. The van der Waals surface area contributed by atoms with Crippen LogP contribution in [0.15, 0.2) is 24.3 Å². The van der Waals surface area contributed by atoms with E-state index in [1.165, 1.54) is 0 Å². The number of carbonyl (C=O) groups is 1. The van der Waals surface area contributed by atoms with Crippen LogP contribution in [-0.2, 0) is 24.8 Å². The number of aromatic nitrogens is 2. The first-order chi connectivity index (χ1) is 12.7. The molecule has 1 aromatic heterocycles. The fourth-order valence-corrected chi connectivity index (χ4v) is 3.71. The summed E-state index contributed by atoms with van der Waals surface area (Å²) in [7, 11) is 3.58. The molecule has 0 aliphatic carbocycles. The van der Waals surface area contributed by atoms with Crippen molar-refractivity contribution in [2.75, 3.05) is 44.8 Å². The van der Waals surface area contributed by atoms with E-state index < -0.39 is 0 Å². The molecule has 1 amide bonds. The number of fused-ring (bicyclic) bond motifs is 1. The van der Waals surface area contributed by atoms with Gasteiger partial charge in [0.25, 0.3) is 5.91 Å². The van der Waals surface area contributed by atoms with Gasteiger partial charge in [0.2, 0.25) is 0 Å². The largest absolute Gasteiger partial charge is 0.497 e. The maximum atomic E-state index is 13.0. The molecule has 0 N–H and O–H groups in total. The van der Waals surface area contributed by atoms with Crippen molar-refractivity contribution in [1.29, 1.82) is 0 Å². The van der Waals surface area contributed by atoms with Gasteiger partial charge in [-0.1, -0.05) is 6.07 Å². The quantitative estimate of drug-likeness (QED) is 0.833. The Morgan fingerprint density at radius 1 is 1.23 bits per heavy atom. The van der Waals surface area contributed by atoms with Crippen LogP contribution < -0.4 is 9.64 Å². The molecule has 1 fully saturated rings. The molecule has 4 rings (SSSR count). The Kier molecular flexibility index (Phi) is 4.55. The van der Waals surface area contributed by atoms with Crippen LogP contribution in [0.1, 0.15) is 21.7 Å². The topological polar surface area (TPSA) is 59.8 Å². The lowest BCUT2D eigenvalue weighted by molar-refractivity contribution is 0.0727. The van der Waals surface area contributed by atoms with Gasteiger partial charge >= 0.3 is 0 Å². The Bertz CT molecular complexity index is 809. The van der Waals surface area contributed by atoms with Crippen LogP contribution in [0, 0.1) is 0 Å². The summed E-state index contributed by atoms with van der Waals surface area (Å²) in [5.74, 6) is 0.860. The summed E-state index contributed by atoms with van der Waals surface area (Å²) in [6.45, 7) is 4.13. The van der Waals surface area contributed by atoms with Crippen LogP contribution >= 0.6 is 0 Å². The van der Waals surface area contributed by atoms with E-state index in [9.17, 15) is 4.79 Å². The SMILES string of the molecule is COc1cccc(N2CCN(C(=O)c3nn(C)c4c3COCC4)CC2)c1. The van der Waals surface area contributed by atoms with Gasteiger partial charge in [0.15, 0.2) is 5.69 Å². The van der Waals surface area contributed by atoms with Gasteiger partial charge in [-0.3, -0.25) is 9.48 Å². The lowest BCUT2D eigenvalue weighted by atomic mass is 10.1. The Balaban J connectivity index is 1.46. The van der Waals surface area contributed by atoms with E-state index in [2.05, 4.69) is 16.1 Å². The van der Waals surface area contributed by atoms with Gasteiger partial charge in [-0.25, -0.2) is 0 Å².